The molecule has 3 heteroatoms. The maximum absolute atomic E-state index is 5.85. The Bertz CT molecular complexity index is 288. The van der Waals surface area contributed by atoms with Gasteiger partial charge in [0.25, 0.3) is 0 Å². The molecule has 0 unspecified atom stereocenters. The second kappa shape index (κ2) is 5.98. The Kier molecular flexibility index (Phi) is 4.60. The minimum atomic E-state index is -2.01. The molecule has 0 radical (unpaired) electrons. The van der Waals surface area contributed by atoms with Crippen LogP contribution in [0, 0.1) is 0 Å². The molecule has 2 aliphatic carbocycles. The standard InChI is InChI=1S/C14H24O2Si/c1-15-17(16-2,11-13-7-3-4-8-13)12-14-9-5-6-10-14/h7,9H,3-6,8,10-12H2,1-2H3. The Balaban J connectivity index is 2.01. The molecule has 0 aliphatic heterocycles. The second-order valence-corrected chi connectivity index (χ2v) is 8.53. The van der Waals surface area contributed by atoms with E-state index in [1.807, 2.05) is 14.2 Å². The molecule has 2 rings (SSSR count). The van der Waals surface area contributed by atoms with E-state index in [9.17, 15) is 0 Å². The van der Waals surface area contributed by atoms with E-state index in [1.54, 1.807) is 11.1 Å². The van der Waals surface area contributed by atoms with Gasteiger partial charge < -0.3 is 8.85 Å². The van der Waals surface area contributed by atoms with Crippen LogP contribution in [-0.4, -0.2) is 22.8 Å². The van der Waals surface area contributed by atoms with Crippen molar-refractivity contribution in [2.24, 2.45) is 0 Å². The van der Waals surface area contributed by atoms with E-state index in [4.69, 9.17) is 8.85 Å². The van der Waals surface area contributed by atoms with Crippen molar-refractivity contribution < 1.29 is 8.85 Å². The van der Waals surface area contributed by atoms with Crippen LogP contribution in [0.4, 0.5) is 0 Å². The second-order valence-electron chi connectivity index (χ2n) is 5.18. The number of rotatable bonds is 6. The van der Waals surface area contributed by atoms with Crippen molar-refractivity contribution in [2.75, 3.05) is 14.2 Å². The summed E-state index contributed by atoms with van der Waals surface area (Å²) in [5.41, 5.74) is 3.14. The minimum absolute atomic E-state index is 1.07. The van der Waals surface area contributed by atoms with Gasteiger partial charge in [-0.1, -0.05) is 23.3 Å². The minimum Gasteiger partial charge on any atom is -0.397 e. The Morgan fingerprint density at radius 1 is 0.941 bits per heavy atom. The monoisotopic (exact) mass is 252 g/mol. The molecule has 0 aromatic heterocycles. The summed E-state index contributed by atoms with van der Waals surface area (Å²) >= 11 is 0. The van der Waals surface area contributed by atoms with E-state index < -0.39 is 8.56 Å². The molecule has 0 saturated carbocycles. The lowest BCUT2D eigenvalue weighted by Gasteiger charge is -2.28. The Morgan fingerprint density at radius 2 is 1.41 bits per heavy atom. The zero-order chi connectivity index (χ0) is 12.1. The van der Waals surface area contributed by atoms with Gasteiger partial charge >= 0.3 is 8.56 Å². The normalized spacial score (nSPS) is 20.6. The van der Waals surface area contributed by atoms with Gasteiger partial charge in [-0.25, -0.2) is 0 Å². The van der Waals surface area contributed by atoms with E-state index in [2.05, 4.69) is 12.2 Å². The summed E-state index contributed by atoms with van der Waals surface area (Å²) < 4.78 is 11.7. The summed E-state index contributed by atoms with van der Waals surface area (Å²) in [4.78, 5) is 0. The molecule has 0 atom stereocenters. The van der Waals surface area contributed by atoms with Crippen LogP contribution in [0.15, 0.2) is 23.3 Å². The van der Waals surface area contributed by atoms with Gasteiger partial charge in [0, 0.05) is 26.3 Å². The highest BCUT2D eigenvalue weighted by Crippen LogP contribution is 2.34. The topological polar surface area (TPSA) is 18.5 Å². The fourth-order valence-electron chi connectivity index (χ4n) is 2.92. The van der Waals surface area contributed by atoms with Gasteiger partial charge in [0.05, 0.1) is 0 Å². The summed E-state index contributed by atoms with van der Waals surface area (Å²) in [6, 6.07) is 2.13. The first-order chi connectivity index (χ1) is 8.28. The molecule has 0 bridgehead atoms. The molecule has 0 amide bonds. The Morgan fingerprint density at radius 3 is 1.71 bits per heavy atom. The van der Waals surface area contributed by atoms with Crippen LogP contribution in [-0.2, 0) is 8.85 Å². The van der Waals surface area contributed by atoms with Gasteiger partial charge in [-0.15, -0.1) is 0 Å². The van der Waals surface area contributed by atoms with Gasteiger partial charge in [-0.3, -0.25) is 0 Å². The van der Waals surface area contributed by atoms with Crippen LogP contribution in [0.2, 0.25) is 12.1 Å². The summed E-state index contributed by atoms with van der Waals surface area (Å²) in [5.74, 6) is 0. The quantitative estimate of drug-likeness (QED) is 0.526. The van der Waals surface area contributed by atoms with Crippen LogP contribution < -0.4 is 0 Å². The summed E-state index contributed by atoms with van der Waals surface area (Å²) in [7, 11) is 1.66. The molecule has 0 spiro atoms. The molecule has 96 valence electrons. The lowest BCUT2D eigenvalue weighted by molar-refractivity contribution is 0.246. The van der Waals surface area contributed by atoms with Gasteiger partial charge in [0.2, 0.25) is 0 Å². The number of hydrogen-bond donors (Lipinski definition) is 0. The van der Waals surface area contributed by atoms with Crippen LogP contribution >= 0.6 is 0 Å². The van der Waals surface area contributed by atoms with Crippen molar-refractivity contribution >= 4 is 8.56 Å². The largest absolute Gasteiger partial charge is 0.397 e. The highest BCUT2D eigenvalue weighted by Gasteiger charge is 2.37. The molecule has 17 heavy (non-hydrogen) atoms. The highest BCUT2D eigenvalue weighted by atomic mass is 28.4. The molecule has 0 fully saturated rings. The Hall–Kier alpha value is -0.383. The third-order valence-electron chi connectivity index (χ3n) is 4.01. The van der Waals surface area contributed by atoms with Gasteiger partial charge in [0.15, 0.2) is 0 Å². The fraction of sp³-hybridized carbons (Fsp3) is 0.714. The van der Waals surface area contributed by atoms with Crippen LogP contribution in [0.25, 0.3) is 0 Å². The third-order valence-corrected chi connectivity index (χ3v) is 7.48. The fourth-order valence-corrected chi connectivity index (χ4v) is 5.82. The predicted octanol–water partition coefficient (Wildman–Crippen LogP) is 3.94. The zero-order valence-corrected chi connectivity index (χ0v) is 12.1. The first-order valence-electron chi connectivity index (χ1n) is 6.74. The van der Waals surface area contributed by atoms with Crippen molar-refractivity contribution in [1.29, 1.82) is 0 Å². The van der Waals surface area contributed by atoms with E-state index in [-0.39, 0.29) is 0 Å². The van der Waals surface area contributed by atoms with E-state index in [0.29, 0.717) is 0 Å². The highest BCUT2D eigenvalue weighted by molar-refractivity contribution is 6.68. The lowest BCUT2D eigenvalue weighted by atomic mass is 10.3. The lowest BCUT2D eigenvalue weighted by Crippen LogP contribution is -2.40. The molecule has 0 aromatic carbocycles. The molecular weight excluding hydrogens is 228 g/mol. The van der Waals surface area contributed by atoms with Crippen molar-refractivity contribution in [3.05, 3.63) is 23.3 Å². The average molecular weight is 252 g/mol. The maximum atomic E-state index is 5.85. The van der Waals surface area contributed by atoms with Crippen molar-refractivity contribution in [1.82, 2.24) is 0 Å². The van der Waals surface area contributed by atoms with E-state index in [0.717, 1.165) is 12.1 Å². The van der Waals surface area contributed by atoms with Gasteiger partial charge in [-0.05, 0) is 38.5 Å². The molecule has 0 aromatic rings. The summed E-state index contributed by atoms with van der Waals surface area (Å²) in [6.07, 6.45) is 12.4. The van der Waals surface area contributed by atoms with Crippen molar-refractivity contribution in [3.63, 3.8) is 0 Å². The van der Waals surface area contributed by atoms with Crippen molar-refractivity contribution in [3.8, 4) is 0 Å². The van der Waals surface area contributed by atoms with Crippen LogP contribution in [0.1, 0.15) is 38.5 Å². The van der Waals surface area contributed by atoms with Crippen LogP contribution in [0.3, 0.4) is 0 Å². The maximum Gasteiger partial charge on any atom is 0.345 e. The smallest absolute Gasteiger partial charge is 0.345 e. The zero-order valence-electron chi connectivity index (χ0n) is 11.1. The first-order valence-corrected chi connectivity index (χ1v) is 8.97. The summed E-state index contributed by atoms with van der Waals surface area (Å²) in [6.45, 7) is 0. The molecule has 0 saturated heterocycles. The predicted molar refractivity (Wildman–Crippen MR) is 73.3 cm³/mol. The van der Waals surface area contributed by atoms with E-state index >= 15 is 0 Å². The van der Waals surface area contributed by atoms with Crippen LogP contribution in [0.5, 0.6) is 0 Å². The molecule has 0 heterocycles. The van der Waals surface area contributed by atoms with E-state index in [1.165, 1.54) is 38.5 Å². The van der Waals surface area contributed by atoms with Crippen molar-refractivity contribution in [2.45, 2.75) is 50.6 Å². The molecule has 2 aliphatic rings. The molecule has 0 N–H and O–H groups in total. The summed E-state index contributed by atoms with van der Waals surface area (Å²) in [5, 5.41) is 0. The molecular formula is C14H24O2Si. The number of hydrogen-bond acceptors (Lipinski definition) is 2. The van der Waals surface area contributed by atoms with Gasteiger partial charge in [0.1, 0.15) is 0 Å². The third kappa shape index (κ3) is 3.30. The SMILES string of the molecule is CO[Si](CC1=CCCC1)(CC1=CCCC1)OC. The Labute approximate surface area is 106 Å². The molecule has 2 nitrogen and oxygen atoms in total. The number of allylic oxidation sites excluding steroid dienone is 4. The average Bonchev–Trinajstić information content (AvgIpc) is 3.01. The first kappa shape index (κ1) is 13.1. The van der Waals surface area contributed by atoms with Gasteiger partial charge in [-0.2, -0.15) is 0 Å².